The maximum absolute atomic E-state index is 12.6. The van der Waals surface area contributed by atoms with Crippen LogP contribution in [0.4, 0.5) is 0 Å². The summed E-state index contributed by atoms with van der Waals surface area (Å²) in [5.41, 5.74) is 2.61. The topological polar surface area (TPSA) is 49.4 Å². The summed E-state index contributed by atoms with van der Waals surface area (Å²) >= 11 is 1.66. The van der Waals surface area contributed by atoms with Gasteiger partial charge in [-0.05, 0) is 59.8 Å². The smallest absolute Gasteiger partial charge is 0.263 e. The van der Waals surface area contributed by atoms with E-state index in [0.29, 0.717) is 10.5 Å². The highest BCUT2D eigenvalue weighted by atomic mass is 32.2. The first-order valence-electron chi connectivity index (χ1n) is 9.10. The third-order valence-electron chi connectivity index (χ3n) is 4.51. The standard InChI is InChI=1S/C22H20N2O2S2/c25-22(19-12-10-18(11-13-19)17-6-2-1-3-7-17)23-28(26)21-9-4-8-20(16-21)27-24-14-5-15-24/h1-4,6-13,16H,5,14-15H2,(H,23,25). The van der Waals surface area contributed by atoms with Gasteiger partial charge in [0.2, 0.25) is 0 Å². The molecular weight excluding hydrogens is 388 g/mol. The van der Waals surface area contributed by atoms with Crippen molar-refractivity contribution in [2.75, 3.05) is 13.1 Å². The Bertz CT molecular complexity index is 987. The number of benzene rings is 3. The monoisotopic (exact) mass is 408 g/mol. The molecule has 6 heteroatoms. The maximum Gasteiger partial charge on any atom is 0.263 e. The second-order valence-electron chi connectivity index (χ2n) is 6.49. The van der Waals surface area contributed by atoms with Gasteiger partial charge in [0, 0.05) is 23.5 Å². The zero-order chi connectivity index (χ0) is 19.3. The van der Waals surface area contributed by atoms with Crippen LogP contribution in [0.3, 0.4) is 0 Å². The van der Waals surface area contributed by atoms with Crippen LogP contribution in [-0.4, -0.2) is 27.5 Å². The van der Waals surface area contributed by atoms with Crippen LogP contribution < -0.4 is 4.72 Å². The Kier molecular flexibility index (Phi) is 5.90. The van der Waals surface area contributed by atoms with Crippen LogP contribution >= 0.6 is 11.9 Å². The predicted octanol–water partition coefficient (Wildman–Crippen LogP) is 4.52. The summed E-state index contributed by atoms with van der Waals surface area (Å²) < 4.78 is 17.4. The number of nitrogens with zero attached hydrogens (tertiary/aromatic N) is 1. The van der Waals surface area contributed by atoms with Crippen molar-refractivity contribution in [3.63, 3.8) is 0 Å². The molecule has 4 rings (SSSR count). The highest BCUT2D eigenvalue weighted by Gasteiger charge is 2.16. The number of carbonyl (C=O) groups excluding carboxylic acids is 1. The molecule has 0 saturated carbocycles. The van der Waals surface area contributed by atoms with E-state index in [2.05, 4.69) is 9.03 Å². The average Bonchev–Trinajstić information content (AvgIpc) is 2.72. The molecular formula is C22H20N2O2S2. The van der Waals surface area contributed by atoms with Crippen molar-refractivity contribution in [2.45, 2.75) is 16.2 Å². The van der Waals surface area contributed by atoms with Crippen molar-refractivity contribution >= 4 is 28.8 Å². The minimum absolute atomic E-state index is 0.348. The van der Waals surface area contributed by atoms with Crippen LogP contribution in [0, 0.1) is 0 Å². The highest BCUT2D eigenvalue weighted by molar-refractivity contribution is 7.97. The number of carbonyl (C=O) groups is 1. The number of hydrogen-bond donors (Lipinski definition) is 1. The van der Waals surface area contributed by atoms with Crippen LogP contribution in [0.1, 0.15) is 16.8 Å². The first-order valence-corrected chi connectivity index (χ1v) is 11.0. The number of hydrogen-bond acceptors (Lipinski definition) is 4. The van der Waals surface area contributed by atoms with Crippen LogP contribution in [0.15, 0.2) is 88.7 Å². The van der Waals surface area contributed by atoms with Gasteiger partial charge in [-0.2, -0.15) is 0 Å². The molecule has 3 aromatic carbocycles. The Labute approximate surface area is 171 Å². The summed E-state index contributed by atoms with van der Waals surface area (Å²) in [5, 5.41) is 0. The van der Waals surface area contributed by atoms with Gasteiger partial charge in [-0.3, -0.25) is 9.52 Å². The van der Waals surface area contributed by atoms with E-state index in [0.717, 1.165) is 29.1 Å². The lowest BCUT2D eigenvalue weighted by Gasteiger charge is -2.29. The van der Waals surface area contributed by atoms with E-state index in [1.165, 1.54) is 6.42 Å². The molecule has 4 nitrogen and oxygen atoms in total. The fourth-order valence-corrected chi connectivity index (χ4v) is 4.79. The molecule has 0 spiro atoms. The Hall–Kier alpha value is -2.41. The Morgan fingerprint density at radius 2 is 1.61 bits per heavy atom. The van der Waals surface area contributed by atoms with Gasteiger partial charge in [0.25, 0.3) is 5.91 Å². The molecule has 142 valence electrons. The van der Waals surface area contributed by atoms with Gasteiger partial charge >= 0.3 is 0 Å². The third-order valence-corrected chi connectivity index (χ3v) is 6.65. The minimum atomic E-state index is -1.60. The molecule has 0 radical (unpaired) electrons. The SMILES string of the molecule is O=C(NS(=O)c1cccc(SN2CCC2)c1)c1ccc(-c2ccccc2)cc1. The molecule has 1 atom stereocenters. The quantitative estimate of drug-likeness (QED) is 0.610. The molecule has 3 aromatic rings. The summed E-state index contributed by atoms with van der Waals surface area (Å²) in [4.78, 5) is 14.1. The van der Waals surface area contributed by atoms with E-state index in [4.69, 9.17) is 0 Å². The second kappa shape index (κ2) is 8.73. The van der Waals surface area contributed by atoms with Gasteiger partial charge in [-0.1, -0.05) is 48.5 Å². The van der Waals surface area contributed by atoms with E-state index in [-0.39, 0.29) is 5.91 Å². The number of rotatable bonds is 6. The molecule has 1 amide bonds. The molecule has 28 heavy (non-hydrogen) atoms. The number of amides is 1. The van der Waals surface area contributed by atoms with Crippen molar-refractivity contribution in [2.24, 2.45) is 0 Å². The van der Waals surface area contributed by atoms with E-state index in [9.17, 15) is 9.00 Å². The molecule has 1 unspecified atom stereocenters. The van der Waals surface area contributed by atoms with Gasteiger partial charge in [0.05, 0.1) is 4.90 Å². The summed E-state index contributed by atoms with van der Waals surface area (Å²) in [6, 6.07) is 24.8. The lowest BCUT2D eigenvalue weighted by molar-refractivity contribution is 0.0983. The van der Waals surface area contributed by atoms with E-state index < -0.39 is 11.0 Å². The van der Waals surface area contributed by atoms with Crippen molar-refractivity contribution in [3.8, 4) is 11.1 Å². The normalized spacial score (nSPS) is 14.9. The molecule has 1 saturated heterocycles. The van der Waals surface area contributed by atoms with Crippen molar-refractivity contribution in [1.29, 1.82) is 0 Å². The Morgan fingerprint density at radius 1 is 0.893 bits per heavy atom. The van der Waals surface area contributed by atoms with Gasteiger partial charge < -0.3 is 0 Å². The van der Waals surface area contributed by atoms with Gasteiger partial charge in [-0.15, -0.1) is 0 Å². The number of nitrogens with one attached hydrogen (secondary N) is 1. The Balaban J connectivity index is 1.41. The molecule has 0 aliphatic carbocycles. The summed E-state index contributed by atoms with van der Waals surface area (Å²) in [7, 11) is -1.60. The summed E-state index contributed by atoms with van der Waals surface area (Å²) in [6.07, 6.45) is 1.22. The fourth-order valence-electron chi connectivity index (χ4n) is 2.82. The predicted molar refractivity (Wildman–Crippen MR) is 114 cm³/mol. The molecule has 1 aliphatic rings. The van der Waals surface area contributed by atoms with Crippen molar-refractivity contribution < 1.29 is 9.00 Å². The molecule has 1 fully saturated rings. The van der Waals surface area contributed by atoms with Crippen LogP contribution in [0.5, 0.6) is 0 Å². The zero-order valence-electron chi connectivity index (χ0n) is 15.2. The largest absolute Gasteiger partial charge is 0.268 e. The highest BCUT2D eigenvalue weighted by Crippen LogP contribution is 2.28. The van der Waals surface area contributed by atoms with Gasteiger partial charge in [0.15, 0.2) is 11.0 Å². The van der Waals surface area contributed by atoms with Crippen molar-refractivity contribution in [1.82, 2.24) is 9.03 Å². The van der Waals surface area contributed by atoms with E-state index >= 15 is 0 Å². The molecule has 0 aromatic heterocycles. The summed E-state index contributed by atoms with van der Waals surface area (Å²) in [5.74, 6) is -0.348. The van der Waals surface area contributed by atoms with E-state index in [1.807, 2.05) is 60.7 Å². The fraction of sp³-hybridized carbons (Fsp3) is 0.136. The minimum Gasteiger partial charge on any atom is -0.268 e. The molecule has 1 aliphatic heterocycles. The van der Waals surface area contributed by atoms with E-state index in [1.54, 1.807) is 30.1 Å². The van der Waals surface area contributed by atoms with Crippen molar-refractivity contribution in [3.05, 3.63) is 84.4 Å². The maximum atomic E-state index is 12.6. The lowest BCUT2D eigenvalue weighted by Crippen LogP contribution is -2.30. The molecule has 1 N–H and O–H groups in total. The molecule has 1 heterocycles. The third kappa shape index (κ3) is 4.52. The first kappa shape index (κ1) is 18.9. The Morgan fingerprint density at radius 3 is 2.29 bits per heavy atom. The van der Waals surface area contributed by atoms with Crippen LogP contribution in [0.25, 0.3) is 11.1 Å². The molecule has 0 bridgehead atoms. The van der Waals surface area contributed by atoms with Gasteiger partial charge in [-0.25, -0.2) is 8.51 Å². The lowest BCUT2D eigenvalue weighted by atomic mass is 10.0. The van der Waals surface area contributed by atoms with Crippen LogP contribution in [-0.2, 0) is 11.0 Å². The second-order valence-corrected chi connectivity index (χ2v) is 8.88. The first-order chi connectivity index (χ1) is 13.7. The summed E-state index contributed by atoms with van der Waals surface area (Å²) in [6.45, 7) is 2.15. The van der Waals surface area contributed by atoms with Gasteiger partial charge in [0.1, 0.15) is 0 Å². The zero-order valence-corrected chi connectivity index (χ0v) is 16.8. The average molecular weight is 409 g/mol. The van der Waals surface area contributed by atoms with Crippen LogP contribution in [0.2, 0.25) is 0 Å².